The summed E-state index contributed by atoms with van der Waals surface area (Å²) in [6.45, 7) is 12.2. The van der Waals surface area contributed by atoms with Gasteiger partial charge in [-0.2, -0.15) is 0 Å². The molecule has 1 spiro atoms. The van der Waals surface area contributed by atoms with Crippen LogP contribution in [0.1, 0.15) is 60.3 Å². The molecular weight excluding hydrogens is 400 g/mol. The number of carbonyl (C=O) groups excluding carboxylic acids is 4. The van der Waals surface area contributed by atoms with Crippen molar-refractivity contribution in [3.8, 4) is 0 Å². The second kappa shape index (κ2) is 6.74. The maximum atomic E-state index is 13.7. The van der Waals surface area contributed by atoms with Gasteiger partial charge in [0.05, 0.1) is 6.10 Å². The molecule has 7 heteroatoms. The first-order valence-electron chi connectivity index (χ1n) is 11.0. The summed E-state index contributed by atoms with van der Waals surface area (Å²) in [6, 6.07) is 0. The molecule has 4 saturated carbocycles. The molecule has 0 aliphatic heterocycles. The van der Waals surface area contributed by atoms with Crippen LogP contribution in [0, 0.1) is 34.0 Å². The van der Waals surface area contributed by atoms with Crippen LogP contribution in [0.4, 0.5) is 0 Å². The maximum Gasteiger partial charge on any atom is 0.303 e. The van der Waals surface area contributed by atoms with Crippen LogP contribution >= 0.6 is 0 Å². The molecule has 4 rings (SSSR count). The van der Waals surface area contributed by atoms with E-state index in [2.05, 4.69) is 6.58 Å². The number of aliphatic hydroxyl groups is 1. The summed E-state index contributed by atoms with van der Waals surface area (Å²) in [7, 11) is 0. The summed E-state index contributed by atoms with van der Waals surface area (Å²) in [4.78, 5) is 50.8. The third-order valence-electron chi connectivity index (χ3n) is 8.60. The van der Waals surface area contributed by atoms with E-state index in [9.17, 15) is 24.3 Å². The highest BCUT2D eigenvalue weighted by atomic mass is 16.6. The predicted octanol–water partition coefficient (Wildman–Crippen LogP) is 2.39. The van der Waals surface area contributed by atoms with E-state index in [4.69, 9.17) is 9.47 Å². The van der Waals surface area contributed by atoms with Crippen LogP contribution in [0.3, 0.4) is 0 Å². The topological polar surface area (TPSA) is 107 Å². The highest BCUT2D eigenvalue weighted by Crippen LogP contribution is 2.70. The molecule has 0 saturated heterocycles. The number of allylic oxidation sites excluding steroid dienone is 1. The lowest BCUT2D eigenvalue weighted by molar-refractivity contribution is -0.238. The van der Waals surface area contributed by atoms with E-state index >= 15 is 0 Å². The summed E-state index contributed by atoms with van der Waals surface area (Å²) < 4.78 is 11.2. The standard InChI is InChI=1S/C24H32O7/c1-11-14-7-15(27)19-23(6)10-17(30-12(2)25)21(31-13(3)26)22(4,5)18(23)16(28)9-24(19,8-14)20(11)29/h14-15,17-19,21,27H,1,7-10H2,2-6H3. The highest BCUT2D eigenvalue weighted by molar-refractivity contribution is 6.06. The normalized spacial score (nSPS) is 45.5. The average molecular weight is 433 g/mol. The van der Waals surface area contributed by atoms with E-state index in [0.717, 1.165) is 0 Å². The number of Topliss-reactive ketones (excluding diaryl/α,β-unsaturated/α-hetero) is 2. The van der Waals surface area contributed by atoms with Crippen LogP contribution in [-0.2, 0) is 28.7 Å². The molecule has 8 atom stereocenters. The third kappa shape index (κ3) is 2.88. The first kappa shape index (κ1) is 22.2. The van der Waals surface area contributed by atoms with E-state index in [1.807, 2.05) is 20.8 Å². The number of aliphatic hydroxyl groups excluding tert-OH is 1. The summed E-state index contributed by atoms with van der Waals surface area (Å²) in [5, 5.41) is 11.3. The molecule has 170 valence electrons. The summed E-state index contributed by atoms with van der Waals surface area (Å²) >= 11 is 0. The lowest BCUT2D eigenvalue weighted by atomic mass is 9.39. The Hall–Kier alpha value is -2.02. The van der Waals surface area contributed by atoms with Gasteiger partial charge in [0.25, 0.3) is 0 Å². The molecule has 2 bridgehead atoms. The molecule has 4 aliphatic carbocycles. The Morgan fingerprint density at radius 1 is 1.06 bits per heavy atom. The zero-order chi connectivity index (χ0) is 23.1. The number of esters is 2. The molecule has 0 aromatic carbocycles. The molecular formula is C24H32O7. The lowest BCUT2D eigenvalue weighted by Gasteiger charge is -2.64. The second-order valence-electron chi connectivity index (χ2n) is 11.0. The molecule has 0 radical (unpaired) electrons. The van der Waals surface area contributed by atoms with Crippen molar-refractivity contribution < 1.29 is 33.8 Å². The Bertz CT molecular complexity index is 888. The number of fused-ring (bicyclic) bond motifs is 3. The van der Waals surface area contributed by atoms with Crippen LogP contribution in [0.15, 0.2) is 12.2 Å². The van der Waals surface area contributed by atoms with E-state index in [1.54, 1.807) is 0 Å². The molecule has 31 heavy (non-hydrogen) atoms. The number of rotatable bonds is 2. The van der Waals surface area contributed by atoms with Gasteiger partial charge in [-0.3, -0.25) is 19.2 Å². The van der Waals surface area contributed by atoms with Crippen molar-refractivity contribution in [1.82, 2.24) is 0 Å². The van der Waals surface area contributed by atoms with Gasteiger partial charge in [0.2, 0.25) is 0 Å². The van der Waals surface area contributed by atoms with Crippen molar-refractivity contribution in [2.75, 3.05) is 0 Å². The van der Waals surface area contributed by atoms with Crippen molar-refractivity contribution >= 4 is 23.5 Å². The molecule has 8 unspecified atom stereocenters. The van der Waals surface area contributed by atoms with E-state index < -0.39 is 58.3 Å². The van der Waals surface area contributed by atoms with Crippen molar-refractivity contribution in [1.29, 1.82) is 0 Å². The summed E-state index contributed by atoms with van der Waals surface area (Å²) in [5.41, 5.74) is -2.10. The van der Waals surface area contributed by atoms with Crippen LogP contribution in [-0.4, -0.2) is 46.9 Å². The third-order valence-corrected chi connectivity index (χ3v) is 8.60. The largest absolute Gasteiger partial charge is 0.459 e. The molecule has 1 N–H and O–H groups in total. The lowest BCUT2D eigenvalue weighted by Crippen LogP contribution is -2.69. The SMILES string of the molecule is C=C1C(=O)C23CC(=O)C4C(C)(C)C(OC(C)=O)C(OC(C)=O)CC4(C)C2C(O)CC1C3. The minimum atomic E-state index is -0.952. The van der Waals surface area contributed by atoms with Crippen LogP contribution < -0.4 is 0 Å². The van der Waals surface area contributed by atoms with Crippen molar-refractivity contribution in [3.63, 3.8) is 0 Å². The second-order valence-corrected chi connectivity index (χ2v) is 11.0. The first-order valence-corrected chi connectivity index (χ1v) is 11.0. The van der Waals surface area contributed by atoms with Gasteiger partial charge in [0.15, 0.2) is 5.78 Å². The highest BCUT2D eigenvalue weighted by Gasteiger charge is 2.74. The number of carbonyl (C=O) groups is 4. The monoisotopic (exact) mass is 432 g/mol. The quantitative estimate of drug-likeness (QED) is 0.527. The van der Waals surface area contributed by atoms with Gasteiger partial charge in [-0.15, -0.1) is 0 Å². The van der Waals surface area contributed by atoms with Gasteiger partial charge in [0, 0.05) is 42.9 Å². The minimum Gasteiger partial charge on any atom is -0.459 e. The Labute approximate surface area is 182 Å². The van der Waals surface area contributed by atoms with Gasteiger partial charge in [-0.05, 0) is 36.2 Å². The fourth-order valence-corrected chi connectivity index (χ4v) is 8.16. The van der Waals surface area contributed by atoms with Crippen molar-refractivity contribution in [3.05, 3.63) is 12.2 Å². The van der Waals surface area contributed by atoms with Gasteiger partial charge in [0.1, 0.15) is 18.0 Å². The molecule has 0 amide bonds. The molecule has 0 heterocycles. The average Bonchev–Trinajstić information content (AvgIpc) is 2.77. The predicted molar refractivity (Wildman–Crippen MR) is 110 cm³/mol. The first-order chi connectivity index (χ1) is 14.3. The number of hydrogen-bond donors (Lipinski definition) is 1. The summed E-state index contributed by atoms with van der Waals surface area (Å²) in [6.07, 6.45) is -1.05. The van der Waals surface area contributed by atoms with Crippen LogP contribution in [0.2, 0.25) is 0 Å². The zero-order valence-corrected chi connectivity index (χ0v) is 18.9. The fourth-order valence-electron chi connectivity index (χ4n) is 8.16. The molecule has 0 aromatic rings. The number of ether oxygens (including phenoxy) is 2. The fraction of sp³-hybridized carbons (Fsp3) is 0.750. The molecule has 4 aliphatic rings. The Kier molecular flexibility index (Phi) is 4.82. The van der Waals surface area contributed by atoms with Crippen LogP contribution in [0.5, 0.6) is 0 Å². The van der Waals surface area contributed by atoms with Crippen molar-refractivity contribution in [2.24, 2.45) is 34.0 Å². The van der Waals surface area contributed by atoms with E-state index in [1.165, 1.54) is 13.8 Å². The van der Waals surface area contributed by atoms with Gasteiger partial charge in [-0.25, -0.2) is 0 Å². The van der Waals surface area contributed by atoms with Gasteiger partial charge in [-0.1, -0.05) is 27.4 Å². The van der Waals surface area contributed by atoms with E-state index in [-0.39, 0.29) is 30.3 Å². The molecule has 4 fully saturated rings. The van der Waals surface area contributed by atoms with E-state index in [0.29, 0.717) is 18.4 Å². The Morgan fingerprint density at radius 2 is 1.68 bits per heavy atom. The van der Waals surface area contributed by atoms with Crippen molar-refractivity contribution in [2.45, 2.75) is 78.6 Å². The number of ketones is 2. The minimum absolute atomic E-state index is 0.0573. The molecule has 0 aromatic heterocycles. The number of hydrogen-bond acceptors (Lipinski definition) is 7. The maximum absolute atomic E-state index is 13.7. The van der Waals surface area contributed by atoms with Crippen LogP contribution in [0.25, 0.3) is 0 Å². The summed E-state index contributed by atoms with van der Waals surface area (Å²) in [5.74, 6) is -2.29. The molecule has 7 nitrogen and oxygen atoms in total. The smallest absolute Gasteiger partial charge is 0.303 e. The van der Waals surface area contributed by atoms with Gasteiger partial charge < -0.3 is 14.6 Å². The zero-order valence-electron chi connectivity index (χ0n) is 18.9. The Balaban J connectivity index is 1.86. The Morgan fingerprint density at radius 3 is 2.26 bits per heavy atom. The van der Waals surface area contributed by atoms with Gasteiger partial charge >= 0.3 is 11.9 Å².